The second-order valence-corrected chi connectivity index (χ2v) is 13.1. The first-order valence-corrected chi connectivity index (χ1v) is 15.8. The van der Waals surface area contributed by atoms with E-state index in [2.05, 4.69) is 39.3 Å². The number of nitrogens with zero attached hydrogens (tertiary/aromatic N) is 5. The first-order valence-electron chi connectivity index (χ1n) is 15.0. The van der Waals surface area contributed by atoms with E-state index in [9.17, 15) is 14.0 Å². The summed E-state index contributed by atoms with van der Waals surface area (Å²) in [6, 6.07) is 12.7. The number of anilines is 3. The van der Waals surface area contributed by atoms with Crippen LogP contribution in [0.25, 0.3) is 11.3 Å². The van der Waals surface area contributed by atoms with Gasteiger partial charge in [0.05, 0.1) is 11.4 Å². The molecule has 2 bridgehead atoms. The van der Waals surface area contributed by atoms with Crippen LogP contribution in [-0.4, -0.2) is 58.4 Å². The Morgan fingerprint density at radius 3 is 2.42 bits per heavy atom. The zero-order valence-corrected chi connectivity index (χ0v) is 25.3. The van der Waals surface area contributed by atoms with Gasteiger partial charge in [-0.1, -0.05) is 0 Å². The lowest BCUT2D eigenvalue weighted by atomic mass is 9.73. The van der Waals surface area contributed by atoms with Gasteiger partial charge in [0.2, 0.25) is 0 Å². The summed E-state index contributed by atoms with van der Waals surface area (Å²) in [4.78, 5) is 41.5. The van der Waals surface area contributed by atoms with Crippen molar-refractivity contribution in [2.24, 2.45) is 7.05 Å². The zero-order valence-electron chi connectivity index (χ0n) is 24.5. The Balaban J connectivity index is 1.10. The van der Waals surface area contributed by atoms with Crippen molar-refractivity contribution < 1.29 is 9.18 Å². The van der Waals surface area contributed by atoms with Crippen LogP contribution in [0.15, 0.2) is 53.5 Å². The maximum atomic E-state index is 15.0. The number of benzene rings is 2. The van der Waals surface area contributed by atoms with Crippen molar-refractivity contribution in [3.05, 3.63) is 86.0 Å². The lowest BCUT2D eigenvalue weighted by molar-refractivity contribution is 0.0991. The maximum absolute atomic E-state index is 15.0. The Bertz CT molecular complexity index is 1700. The topological polar surface area (TPSA) is 83.4 Å². The summed E-state index contributed by atoms with van der Waals surface area (Å²) in [5, 5.41) is 3.65. The molecule has 222 valence electrons. The van der Waals surface area contributed by atoms with E-state index in [-0.39, 0.29) is 23.6 Å². The molecule has 3 aliphatic carbocycles. The normalized spacial score (nSPS) is 19.8. The van der Waals surface area contributed by atoms with Gasteiger partial charge in [-0.2, -0.15) is 0 Å². The molecule has 4 aromatic rings. The van der Waals surface area contributed by atoms with E-state index in [1.54, 1.807) is 25.4 Å². The first-order chi connectivity index (χ1) is 20.8. The van der Waals surface area contributed by atoms with Gasteiger partial charge in [-0.3, -0.25) is 9.59 Å². The van der Waals surface area contributed by atoms with E-state index in [0.29, 0.717) is 33.7 Å². The van der Waals surface area contributed by atoms with Gasteiger partial charge in [0.1, 0.15) is 5.82 Å². The molecule has 8 rings (SSSR count). The molecule has 1 aliphatic heterocycles. The van der Waals surface area contributed by atoms with Crippen LogP contribution < -0.4 is 15.8 Å². The SMILES string of the molecule is CN1CCN(c2ccc(Nc3nc(-c4ccc(F)c(CC(=O)c5nc6c(s5)C5CCC6CC5)c4)cn(C)c3=O)cc2)CC1. The maximum Gasteiger partial charge on any atom is 0.293 e. The van der Waals surface area contributed by atoms with Gasteiger partial charge < -0.3 is 19.7 Å². The average Bonchev–Trinajstić information content (AvgIpc) is 3.50. The van der Waals surface area contributed by atoms with Crippen molar-refractivity contribution in [1.82, 2.24) is 19.4 Å². The molecule has 2 aromatic heterocycles. The molecule has 3 heterocycles. The van der Waals surface area contributed by atoms with Crippen LogP contribution in [0, 0.1) is 5.82 Å². The average molecular weight is 599 g/mol. The van der Waals surface area contributed by atoms with E-state index < -0.39 is 5.82 Å². The quantitative estimate of drug-likeness (QED) is 0.273. The second kappa shape index (κ2) is 11.3. The number of hydrogen-bond donors (Lipinski definition) is 1. The number of fused-ring (bicyclic) bond motifs is 2. The Hall–Kier alpha value is -3.89. The van der Waals surface area contributed by atoms with Crippen LogP contribution in [-0.2, 0) is 13.5 Å². The molecule has 0 unspecified atom stereocenters. The van der Waals surface area contributed by atoms with E-state index >= 15 is 0 Å². The number of thiazole rings is 1. The number of carbonyl (C=O) groups excluding carboxylic acids is 1. The number of nitrogens with one attached hydrogen (secondary N) is 1. The van der Waals surface area contributed by atoms with Crippen molar-refractivity contribution in [1.29, 1.82) is 0 Å². The number of ketones is 1. The number of Topliss-reactive ketones (excluding diaryl/α,β-unsaturated/α-hetero) is 1. The third-order valence-electron chi connectivity index (χ3n) is 9.17. The van der Waals surface area contributed by atoms with E-state index in [1.165, 1.54) is 39.7 Å². The van der Waals surface area contributed by atoms with Crippen molar-refractivity contribution in [3.8, 4) is 11.3 Å². The summed E-state index contributed by atoms with van der Waals surface area (Å²) in [5.41, 5.74) is 4.16. The fourth-order valence-corrected chi connectivity index (χ4v) is 7.84. The van der Waals surface area contributed by atoms with Gasteiger partial charge in [-0.05, 0) is 86.7 Å². The number of aryl methyl sites for hydroxylation is 1. The summed E-state index contributed by atoms with van der Waals surface area (Å²) in [6.07, 6.45) is 6.21. The highest BCUT2D eigenvalue weighted by Crippen LogP contribution is 2.51. The van der Waals surface area contributed by atoms with Crippen molar-refractivity contribution >= 4 is 34.3 Å². The number of likely N-dealkylation sites (N-methyl/N-ethyl adjacent to an activating group) is 1. The first kappa shape index (κ1) is 27.9. The molecule has 0 atom stereocenters. The molecule has 0 radical (unpaired) electrons. The Morgan fingerprint density at radius 1 is 0.977 bits per heavy atom. The molecule has 1 saturated carbocycles. The van der Waals surface area contributed by atoms with Gasteiger partial charge in [0.15, 0.2) is 16.6 Å². The van der Waals surface area contributed by atoms with E-state index in [1.807, 2.05) is 12.1 Å². The van der Waals surface area contributed by atoms with Crippen LogP contribution in [0.3, 0.4) is 0 Å². The number of carbonyl (C=O) groups is 1. The smallest absolute Gasteiger partial charge is 0.293 e. The fourth-order valence-electron chi connectivity index (χ4n) is 6.58. The highest BCUT2D eigenvalue weighted by Gasteiger charge is 2.37. The molecular weight excluding hydrogens is 563 g/mol. The molecule has 2 fully saturated rings. The summed E-state index contributed by atoms with van der Waals surface area (Å²) in [5.74, 6) is 0.559. The number of hydrogen-bond acceptors (Lipinski definition) is 8. The molecule has 1 saturated heterocycles. The molecule has 0 amide bonds. The van der Waals surface area contributed by atoms with Crippen molar-refractivity contribution in [2.45, 2.75) is 43.9 Å². The highest BCUT2D eigenvalue weighted by atomic mass is 32.1. The Labute approximate surface area is 254 Å². The fraction of sp³-hybridized carbons (Fsp3) is 0.394. The molecule has 8 nitrogen and oxygen atoms in total. The summed E-state index contributed by atoms with van der Waals surface area (Å²) < 4.78 is 16.4. The molecule has 1 N–H and O–H groups in total. The predicted octanol–water partition coefficient (Wildman–Crippen LogP) is 5.72. The van der Waals surface area contributed by atoms with Crippen LogP contribution in [0.1, 0.15) is 63.5 Å². The number of piperazine rings is 1. The molecule has 43 heavy (non-hydrogen) atoms. The van der Waals surface area contributed by atoms with Gasteiger partial charge >= 0.3 is 0 Å². The van der Waals surface area contributed by atoms with Gasteiger partial charge in [-0.25, -0.2) is 14.4 Å². The minimum atomic E-state index is -0.443. The van der Waals surface area contributed by atoms with Crippen LogP contribution in [0.4, 0.5) is 21.6 Å². The standard InChI is InChI=1S/C33H35FN6O2S/c1-38-13-15-40(16-14-38)25-10-8-24(9-11-25)35-31-33(42)39(2)19-27(36-31)22-7-12-26(34)23(17-22)18-28(41)32-37-29-20-3-5-21(6-4-20)30(29)43-32/h7-12,17,19-21H,3-6,13-16,18H2,1-2H3,(H,35,36). The van der Waals surface area contributed by atoms with E-state index in [4.69, 9.17) is 4.98 Å². The molecule has 4 aliphatic rings. The van der Waals surface area contributed by atoms with Gasteiger partial charge in [-0.15, -0.1) is 11.3 Å². The third-order valence-corrected chi connectivity index (χ3v) is 10.4. The Morgan fingerprint density at radius 2 is 1.70 bits per heavy atom. The van der Waals surface area contributed by atoms with Crippen LogP contribution in [0.2, 0.25) is 0 Å². The second-order valence-electron chi connectivity index (χ2n) is 12.1. The predicted molar refractivity (Wildman–Crippen MR) is 168 cm³/mol. The summed E-state index contributed by atoms with van der Waals surface area (Å²) in [6.45, 7) is 4.01. The molecule has 10 heteroatoms. The molecular formula is C33H35FN6O2S. The highest BCUT2D eigenvalue weighted by molar-refractivity contribution is 7.13. The lowest BCUT2D eigenvalue weighted by Crippen LogP contribution is -2.44. The zero-order chi connectivity index (χ0) is 29.7. The van der Waals surface area contributed by atoms with Crippen molar-refractivity contribution in [2.75, 3.05) is 43.4 Å². The largest absolute Gasteiger partial charge is 0.369 e. The van der Waals surface area contributed by atoms with Crippen molar-refractivity contribution in [3.63, 3.8) is 0 Å². The van der Waals surface area contributed by atoms with Crippen LogP contribution in [0.5, 0.6) is 0 Å². The molecule has 0 spiro atoms. The van der Waals surface area contributed by atoms with Gasteiger partial charge in [0.25, 0.3) is 5.56 Å². The monoisotopic (exact) mass is 598 g/mol. The lowest BCUT2D eigenvalue weighted by Gasteiger charge is -2.34. The number of aromatic nitrogens is 3. The Kier molecular flexibility index (Phi) is 7.34. The number of rotatable bonds is 7. The molecule has 2 aromatic carbocycles. The van der Waals surface area contributed by atoms with E-state index in [0.717, 1.165) is 56.1 Å². The number of halogens is 1. The van der Waals surface area contributed by atoms with Gasteiger partial charge in [0, 0.05) is 73.6 Å². The summed E-state index contributed by atoms with van der Waals surface area (Å²) in [7, 11) is 3.80. The minimum Gasteiger partial charge on any atom is -0.369 e. The van der Waals surface area contributed by atoms with Crippen LogP contribution >= 0.6 is 11.3 Å². The third kappa shape index (κ3) is 5.49. The minimum absolute atomic E-state index is 0.0715. The summed E-state index contributed by atoms with van der Waals surface area (Å²) >= 11 is 1.50.